The van der Waals surface area contributed by atoms with Gasteiger partial charge in [0.2, 0.25) is 0 Å². The molecular formula is C32H33N3. The molecule has 176 valence electrons. The van der Waals surface area contributed by atoms with Gasteiger partial charge in [0.25, 0.3) is 0 Å². The lowest BCUT2D eigenvalue weighted by atomic mass is 9.87. The summed E-state index contributed by atoms with van der Waals surface area (Å²) in [5.74, 6) is 0. The van der Waals surface area contributed by atoms with E-state index < -0.39 is 0 Å². The van der Waals surface area contributed by atoms with Crippen LogP contribution in [0.1, 0.15) is 52.8 Å². The van der Waals surface area contributed by atoms with E-state index in [1.807, 2.05) is 0 Å². The largest absolute Gasteiger partial charge is 0.308 e. The summed E-state index contributed by atoms with van der Waals surface area (Å²) < 4.78 is 2.46. The van der Waals surface area contributed by atoms with Crippen molar-refractivity contribution in [3.05, 3.63) is 78.2 Å². The highest BCUT2D eigenvalue weighted by Gasteiger charge is 2.22. The zero-order chi connectivity index (χ0) is 24.5. The Hall–Kier alpha value is -3.46. The minimum Gasteiger partial charge on any atom is -0.308 e. The smallest absolute Gasteiger partial charge is 0.116 e. The van der Waals surface area contributed by atoms with Crippen molar-refractivity contribution < 1.29 is 0 Å². The van der Waals surface area contributed by atoms with Gasteiger partial charge in [-0.25, -0.2) is 9.97 Å². The summed E-state index contributed by atoms with van der Waals surface area (Å²) >= 11 is 0. The van der Waals surface area contributed by atoms with E-state index in [9.17, 15) is 0 Å². The molecule has 0 amide bonds. The Balaban J connectivity index is 1.85. The van der Waals surface area contributed by atoms with Crippen LogP contribution in [-0.4, -0.2) is 14.4 Å². The second-order valence-electron chi connectivity index (χ2n) is 12.5. The number of aromatic nitrogens is 3. The molecule has 0 aliphatic heterocycles. The minimum absolute atomic E-state index is 0.125. The van der Waals surface area contributed by atoms with E-state index in [2.05, 4.69) is 107 Å². The number of hydrogen-bond donors (Lipinski definition) is 0. The van der Waals surface area contributed by atoms with E-state index in [4.69, 9.17) is 9.97 Å². The van der Waals surface area contributed by atoms with E-state index in [0.717, 1.165) is 24.1 Å². The molecule has 0 bridgehead atoms. The Morgan fingerprint density at radius 3 is 2.09 bits per heavy atom. The van der Waals surface area contributed by atoms with Gasteiger partial charge in [0, 0.05) is 16.2 Å². The van der Waals surface area contributed by atoms with Gasteiger partial charge < -0.3 is 4.40 Å². The number of hydrogen-bond acceptors (Lipinski definition) is 2. The second-order valence-corrected chi connectivity index (χ2v) is 12.5. The first-order valence-electron chi connectivity index (χ1n) is 12.6. The third-order valence-electron chi connectivity index (χ3n) is 6.90. The van der Waals surface area contributed by atoms with Gasteiger partial charge in [-0.05, 0) is 64.3 Å². The Morgan fingerprint density at radius 1 is 0.657 bits per heavy atom. The molecule has 0 aliphatic rings. The molecule has 35 heavy (non-hydrogen) atoms. The average molecular weight is 460 g/mol. The molecule has 0 fully saturated rings. The first-order chi connectivity index (χ1) is 16.6. The summed E-state index contributed by atoms with van der Waals surface area (Å²) in [7, 11) is 0. The third kappa shape index (κ3) is 3.74. The van der Waals surface area contributed by atoms with E-state index in [0.29, 0.717) is 0 Å². The van der Waals surface area contributed by atoms with Crippen LogP contribution in [0.5, 0.6) is 0 Å². The molecule has 0 saturated carbocycles. The molecule has 3 heteroatoms. The highest BCUT2D eigenvalue weighted by molar-refractivity contribution is 6.17. The van der Waals surface area contributed by atoms with Crippen LogP contribution in [0.15, 0.2) is 67.0 Å². The molecule has 3 nitrogen and oxygen atoms in total. The number of fused-ring (bicyclic) bond motifs is 9. The molecule has 3 aromatic carbocycles. The van der Waals surface area contributed by atoms with Crippen molar-refractivity contribution in [1.29, 1.82) is 0 Å². The summed E-state index contributed by atoms with van der Waals surface area (Å²) in [6, 6.07) is 22.4. The van der Waals surface area contributed by atoms with Gasteiger partial charge in [-0.1, -0.05) is 77.9 Å². The Kier molecular flexibility index (Phi) is 4.73. The predicted molar refractivity (Wildman–Crippen MR) is 149 cm³/mol. The molecular weight excluding hydrogens is 426 g/mol. The molecule has 3 aromatic heterocycles. The van der Waals surface area contributed by atoms with Crippen molar-refractivity contribution in [1.82, 2.24) is 14.4 Å². The number of nitrogens with zero attached hydrogens (tertiary/aromatic N) is 3. The van der Waals surface area contributed by atoms with Crippen LogP contribution < -0.4 is 0 Å². The lowest BCUT2D eigenvalue weighted by Gasteiger charge is -2.19. The van der Waals surface area contributed by atoms with Gasteiger partial charge in [0.1, 0.15) is 6.33 Å². The van der Waals surface area contributed by atoms with Crippen LogP contribution in [0, 0.1) is 10.8 Å². The van der Waals surface area contributed by atoms with Crippen molar-refractivity contribution in [2.75, 3.05) is 0 Å². The molecule has 3 heterocycles. The van der Waals surface area contributed by atoms with E-state index in [1.54, 1.807) is 6.33 Å². The summed E-state index contributed by atoms with van der Waals surface area (Å²) in [5, 5.41) is 6.18. The van der Waals surface area contributed by atoms with E-state index in [-0.39, 0.29) is 10.8 Å². The summed E-state index contributed by atoms with van der Waals surface area (Å²) in [6.07, 6.45) is 3.69. The van der Waals surface area contributed by atoms with Crippen LogP contribution in [0.25, 0.3) is 49.0 Å². The van der Waals surface area contributed by atoms with E-state index >= 15 is 0 Å². The van der Waals surface area contributed by atoms with Crippen molar-refractivity contribution in [2.45, 2.75) is 54.4 Å². The fraction of sp³-hybridized carbons (Fsp3) is 0.312. The summed E-state index contributed by atoms with van der Waals surface area (Å²) in [4.78, 5) is 9.72. The fourth-order valence-corrected chi connectivity index (χ4v) is 5.60. The zero-order valence-electron chi connectivity index (χ0n) is 21.6. The first kappa shape index (κ1) is 22.0. The van der Waals surface area contributed by atoms with Crippen LogP contribution >= 0.6 is 0 Å². The number of benzene rings is 3. The van der Waals surface area contributed by atoms with Gasteiger partial charge in [-0.15, -0.1) is 0 Å². The highest BCUT2D eigenvalue weighted by atomic mass is 14.9. The van der Waals surface area contributed by atoms with Crippen LogP contribution in [0.4, 0.5) is 0 Å². The average Bonchev–Trinajstić information content (AvgIpc) is 3.17. The summed E-state index contributed by atoms with van der Waals surface area (Å²) in [5.41, 5.74) is 7.58. The van der Waals surface area contributed by atoms with Crippen molar-refractivity contribution in [3.63, 3.8) is 0 Å². The van der Waals surface area contributed by atoms with Crippen molar-refractivity contribution in [2.24, 2.45) is 10.8 Å². The Bertz CT molecular complexity index is 1760. The quantitative estimate of drug-likeness (QED) is 0.192. The van der Waals surface area contributed by atoms with Crippen molar-refractivity contribution >= 4 is 49.0 Å². The number of rotatable bonds is 2. The van der Waals surface area contributed by atoms with Crippen LogP contribution in [0.2, 0.25) is 0 Å². The lowest BCUT2D eigenvalue weighted by molar-refractivity contribution is 0.408. The van der Waals surface area contributed by atoms with Crippen LogP contribution in [0.3, 0.4) is 0 Å². The SMILES string of the molecule is CC(C)(C)Cc1cccc2c1cc1c3c(CC(C)(C)C)ncnc3c3cc4ccccc4cc3n21. The molecule has 6 aromatic rings. The van der Waals surface area contributed by atoms with Gasteiger partial charge in [0.05, 0.1) is 27.8 Å². The maximum absolute atomic E-state index is 4.88. The third-order valence-corrected chi connectivity index (χ3v) is 6.90. The molecule has 0 saturated heterocycles. The monoisotopic (exact) mass is 459 g/mol. The molecule has 0 aliphatic carbocycles. The Labute approximate surface area is 206 Å². The highest BCUT2D eigenvalue weighted by Crippen LogP contribution is 2.39. The molecule has 0 N–H and O–H groups in total. The van der Waals surface area contributed by atoms with Crippen molar-refractivity contribution in [3.8, 4) is 0 Å². The van der Waals surface area contributed by atoms with E-state index in [1.165, 1.54) is 49.0 Å². The second kappa shape index (κ2) is 7.52. The predicted octanol–water partition coefficient (Wildman–Crippen LogP) is 8.52. The fourth-order valence-electron chi connectivity index (χ4n) is 5.60. The first-order valence-corrected chi connectivity index (χ1v) is 12.6. The maximum Gasteiger partial charge on any atom is 0.116 e. The standard InChI is InChI=1S/C32H33N3/c1-31(2,3)17-22-12-9-13-26-23(22)16-28-29-25(18-32(4,5)6)33-19-34-30(29)24-14-20-10-7-8-11-21(20)15-27(24)35(26)28/h7-16,19H,17-18H2,1-6H3. The molecule has 0 radical (unpaired) electrons. The molecule has 0 unspecified atom stereocenters. The zero-order valence-corrected chi connectivity index (χ0v) is 21.6. The summed E-state index contributed by atoms with van der Waals surface area (Å²) in [6.45, 7) is 13.8. The molecule has 6 rings (SSSR count). The Morgan fingerprint density at radius 2 is 1.37 bits per heavy atom. The van der Waals surface area contributed by atoms with Gasteiger partial charge in [-0.2, -0.15) is 0 Å². The molecule has 0 atom stereocenters. The minimum atomic E-state index is 0.125. The van der Waals surface area contributed by atoms with Gasteiger partial charge in [0.15, 0.2) is 0 Å². The van der Waals surface area contributed by atoms with Crippen LogP contribution in [-0.2, 0) is 12.8 Å². The topological polar surface area (TPSA) is 30.2 Å². The van der Waals surface area contributed by atoms with Gasteiger partial charge >= 0.3 is 0 Å². The number of pyridine rings is 1. The molecule has 0 spiro atoms. The lowest BCUT2D eigenvalue weighted by Crippen LogP contribution is -2.11. The maximum atomic E-state index is 4.88. The normalized spacial score (nSPS) is 13.1. The van der Waals surface area contributed by atoms with Gasteiger partial charge in [-0.3, -0.25) is 0 Å².